The van der Waals surface area contributed by atoms with Gasteiger partial charge >= 0.3 is 5.97 Å². The summed E-state index contributed by atoms with van der Waals surface area (Å²) in [5, 5.41) is 11.1. The first kappa shape index (κ1) is 20.5. The first-order valence-corrected chi connectivity index (χ1v) is 10.7. The number of carboxylic acids is 1. The lowest BCUT2D eigenvalue weighted by Crippen LogP contribution is -2.28. The number of hydrogen-bond donors (Lipinski definition) is 1. The number of para-hydroxylation sites is 1. The van der Waals surface area contributed by atoms with Crippen LogP contribution in [0.1, 0.15) is 62.1 Å². The molecule has 4 rings (SSSR count). The van der Waals surface area contributed by atoms with Crippen LogP contribution in [0.2, 0.25) is 0 Å². The van der Waals surface area contributed by atoms with Crippen molar-refractivity contribution >= 4 is 16.9 Å². The lowest BCUT2D eigenvalue weighted by Gasteiger charge is -2.28. The van der Waals surface area contributed by atoms with E-state index in [9.17, 15) is 9.90 Å². The van der Waals surface area contributed by atoms with E-state index >= 15 is 0 Å². The number of benzene rings is 2. The molecule has 1 N–H and O–H groups in total. The lowest BCUT2D eigenvalue weighted by molar-refractivity contribution is -0.160. The van der Waals surface area contributed by atoms with Gasteiger partial charge in [-0.25, -0.2) is 4.79 Å². The van der Waals surface area contributed by atoms with Crippen LogP contribution >= 0.6 is 0 Å². The third-order valence-electron chi connectivity index (χ3n) is 5.72. The highest BCUT2D eigenvalue weighted by Crippen LogP contribution is 2.40. The minimum absolute atomic E-state index is 0.603. The molecule has 1 heterocycles. The standard InChI is InChI=1S/C26H29NO3/c1-16-22(24(25(28)29)30-26(2,3)4)23(20-11-7-8-12-21(20)27-16)19-14-13-17-9-5-6-10-18(17)15-19/h7-8,11-15,24H,5-6,9-10H2,1-4H3,(H,28,29)/t24-/m0/s1. The molecule has 4 nitrogen and oxygen atoms in total. The fourth-order valence-electron chi connectivity index (χ4n) is 4.46. The van der Waals surface area contributed by atoms with Crippen LogP contribution in [-0.4, -0.2) is 21.7 Å². The van der Waals surface area contributed by atoms with Crippen molar-refractivity contribution in [3.63, 3.8) is 0 Å². The van der Waals surface area contributed by atoms with Crippen LogP contribution in [0.3, 0.4) is 0 Å². The van der Waals surface area contributed by atoms with E-state index in [-0.39, 0.29) is 0 Å². The first-order chi connectivity index (χ1) is 14.2. The molecule has 1 aliphatic carbocycles. The number of nitrogens with zero attached hydrogens (tertiary/aromatic N) is 1. The average molecular weight is 404 g/mol. The summed E-state index contributed by atoms with van der Waals surface area (Å²) in [6.07, 6.45) is 3.53. The van der Waals surface area contributed by atoms with Crippen LogP contribution in [0.25, 0.3) is 22.0 Å². The van der Waals surface area contributed by atoms with Crippen molar-refractivity contribution in [1.29, 1.82) is 0 Å². The molecular formula is C26H29NO3. The topological polar surface area (TPSA) is 59.4 Å². The van der Waals surface area contributed by atoms with Crippen LogP contribution in [0.4, 0.5) is 0 Å². The largest absolute Gasteiger partial charge is 0.479 e. The predicted molar refractivity (Wildman–Crippen MR) is 120 cm³/mol. The van der Waals surface area contributed by atoms with Crippen molar-refractivity contribution in [2.45, 2.75) is 65.1 Å². The van der Waals surface area contributed by atoms with Gasteiger partial charge in [-0.15, -0.1) is 0 Å². The molecule has 0 spiro atoms. The summed E-state index contributed by atoms with van der Waals surface area (Å²) in [4.78, 5) is 17.1. The smallest absolute Gasteiger partial charge is 0.337 e. The average Bonchev–Trinajstić information content (AvgIpc) is 2.70. The Morgan fingerprint density at radius 2 is 1.77 bits per heavy atom. The number of carbonyl (C=O) groups is 1. The van der Waals surface area contributed by atoms with Crippen molar-refractivity contribution in [2.75, 3.05) is 0 Å². The molecule has 3 aromatic rings. The Morgan fingerprint density at radius 3 is 2.47 bits per heavy atom. The summed E-state index contributed by atoms with van der Waals surface area (Å²) >= 11 is 0. The summed E-state index contributed by atoms with van der Waals surface area (Å²) < 4.78 is 6.05. The summed E-state index contributed by atoms with van der Waals surface area (Å²) in [7, 11) is 0. The van der Waals surface area contributed by atoms with Gasteiger partial charge in [0.15, 0.2) is 6.10 Å². The molecule has 0 aliphatic heterocycles. The van der Waals surface area contributed by atoms with E-state index in [1.807, 2.05) is 52.0 Å². The van der Waals surface area contributed by atoms with Gasteiger partial charge in [0.05, 0.1) is 11.1 Å². The SMILES string of the molecule is Cc1nc2ccccc2c(-c2ccc3c(c2)CCCC3)c1[C@H](OC(C)(C)C)C(=O)O. The maximum Gasteiger partial charge on any atom is 0.337 e. The number of pyridine rings is 1. The Labute approximate surface area is 177 Å². The molecule has 0 fully saturated rings. The van der Waals surface area contributed by atoms with Gasteiger partial charge in [-0.3, -0.25) is 4.98 Å². The van der Waals surface area contributed by atoms with Gasteiger partial charge in [-0.1, -0.05) is 36.4 Å². The van der Waals surface area contributed by atoms with Gasteiger partial charge in [0.25, 0.3) is 0 Å². The normalized spacial score (nSPS) is 15.1. The molecule has 156 valence electrons. The number of ether oxygens (including phenoxy) is 1. The third-order valence-corrected chi connectivity index (χ3v) is 5.72. The molecule has 0 saturated carbocycles. The minimum atomic E-state index is -1.09. The zero-order valence-electron chi connectivity index (χ0n) is 18.2. The highest BCUT2D eigenvalue weighted by atomic mass is 16.5. The molecule has 0 bridgehead atoms. The number of rotatable bonds is 4. The highest BCUT2D eigenvalue weighted by molar-refractivity contribution is 5.98. The van der Waals surface area contributed by atoms with Crippen LogP contribution in [0, 0.1) is 6.92 Å². The van der Waals surface area contributed by atoms with E-state index in [1.165, 1.54) is 24.0 Å². The second kappa shape index (κ2) is 7.84. The molecule has 30 heavy (non-hydrogen) atoms. The Bertz CT molecular complexity index is 1110. The lowest BCUT2D eigenvalue weighted by atomic mass is 9.86. The predicted octanol–water partition coefficient (Wildman–Crippen LogP) is 6.03. The third kappa shape index (κ3) is 3.97. The van der Waals surface area contributed by atoms with Gasteiger partial charge in [0, 0.05) is 16.6 Å². The Balaban J connectivity index is 2.01. The number of aryl methyl sites for hydroxylation is 3. The minimum Gasteiger partial charge on any atom is -0.479 e. The zero-order valence-corrected chi connectivity index (χ0v) is 18.2. The number of hydrogen-bond acceptors (Lipinski definition) is 3. The Morgan fingerprint density at radius 1 is 1.07 bits per heavy atom. The van der Waals surface area contributed by atoms with E-state index in [0.29, 0.717) is 11.3 Å². The van der Waals surface area contributed by atoms with E-state index in [1.54, 1.807) is 0 Å². The molecule has 1 aliphatic rings. The van der Waals surface area contributed by atoms with Gasteiger partial charge < -0.3 is 9.84 Å². The van der Waals surface area contributed by atoms with Crippen molar-refractivity contribution < 1.29 is 14.6 Å². The summed E-state index contributed by atoms with van der Waals surface area (Å²) in [6, 6.07) is 14.5. The van der Waals surface area contributed by atoms with Gasteiger partial charge in [0.2, 0.25) is 0 Å². The quantitative estimate of drug-likeness (QED) is 0.578. The molecule has 2 aromatic carbocycles. The van der Waals surface area contributed by atoms with Crippen LogP contribution in [0.15, 0.2) is 42.5 Å². The van der Waals surface area contributed by atoms with Crippen LogP contribution < -0.4 is 0 Å². The summed E-state index contributed by atoms with van der Waals surface area (Å²) in [6.45, 7) is 7.52. The molecular weight excluding hydrogens is 374 g/mol. The van der Waals surface area contributed by atoms with Crippen molar-refractivity contribution in [1.82, 2.24) is 4.98 Å². The van der Waals surface area contributed by atoms with Crippen molar-refractivity contribution in [3.8, 4) is 11.1 Å². The molecule has 0 saturated heterocycles. The van der Waals surface area contributed by atoms with Gasteiger partial charge in [-0.2, -0.15) is 0 Å². The Hall–Kier alpha value is -2.72. The Kier molecular flexibility index (Phi) is 5.37. The van der Waals surface area contributed by atoms with Crippen molar-refractivity contribution in [3.05, 3.63) is 64.8 Å². The summed E-state index contributed by atoms with van der Waals surface area (Å²) in [5.41, 5.74) is 6.33. The first-order valence-electron chi connectivity index (χ1n) is 10.7. The van der Waals surface area contributed by atoms with E-state index in [2.05, 4.69) is 18.2 Å². The maximum absolute atomic E-state index is 12.3. The van der Waals surface area contributed by atoms with Crippen LogP contribution in [0.5, 0.6) is 0 Å². The maximum atomic E-state index is 12.3. The molecule has 1 aromatic heterocycles. The zero-order chi connectivity index (χ0) is 21.5. The number of aliphatic carboxylic acids is 1. The van der Waals surface area contributed by atoms with Crippen molar-refractivity contribution in [2.24, 2.45) is 0 Å². The van der Waals surface area contributed by atoms with Crippen LogP contribution in [-0.2, 0) is 22.4 Å². The fourth-order valence-corrected chi connectivity index (χ4v) is 4.46. The van der Waals surface area contributed by atoms with E-state index < -0.39 is 17.7 Å². The monoisotopic (exact) mass is 403 g/mol. The number of fused-ring (bicyclic) bond motifs is 2. The number of carboxylic acid groups (broad SMARTS) is 1. The molecule has 0 unspecified atom stereocenters. The molecule has 1 atom stereocenters. The molecule has 4 heteroatoms. The van der Waals surface area contributed by atoms with E-state index in [4.69, 9.17) is 9.72 Å². The van der Waals surface area contributed by atoms with Gasteiger partial charge in [0.1, 0.15) is 0 Å². The van der Waals surface area contributed by atoms with E-state index in [0.717, 1.165) is 34.9 Å². The molecule has 0 amide bonds. The molecule has 0 radical (unpaired) electrons. The fraction of sp³-hybridized carbons (Fsp3) is 0.385. The number of aromatic nitrogens is 1. The second-order valence-corrected chi connectivity index (χ2v) is 9.14. The summed E-state index contributed by atoms with van der Waals surface area (Å²) in [5.74, 6) is -0.996. The highest BCUT2D eigenvalue weighted by Gasteiger charge is 2.32. The van der Waals surface area contributed by atoms with Gasteiger partial charge in [-0.05, 0) is 81.7 Å². The second-order valence-electron chi connectivity index (χ2n) is 9.14.